The van der Waals surface area contributed by atoms with Crippen LogP contribution in [0.3, 0.4) is 0 Å². The molecular formula is C27H35ClN2O3S. The van der Waals surface area contributed by atoms with Gasteiger partial charge >= 0.3 is 0 Å². The van der Waals surface area contributed by atoms with Gasteiger partial charge in [-0.2, -0.15) is 0 Å². The maximum absolute atomic E-state index is 13.1. The predicted molar refractivity (Wildman–Crippen MR) is 135 cm³/mol. The van der Waals surface area contributed by atoms with Gasteiger partial charge in [-0.25, -0.2) is 4.98 Å². The van der Waals surface area contributed by atoms with Crippen LogP contribution in [0.5, 0.6) is 5.75 Å². The zero-order chi connectivity index (χ0) is 24.0. The van der Waals surface area contributed by atoms with Crippen LogP contribution in [0.2, 0.25) is 5.02 Å². The molecule has 1 aromatic heterocycles. The lowest BCUT2D eigenvalue weighted by atomic mass is 9.53. The van der Waals surface area contributed by atoms with Gasteiger partial charge < -0.3 is 14.7 Å². The topological polar surface area (TPSA) is 62.7 Å². The van der Waals surface area contributed by atoms with Gasteiger partial charge in [0.05, 0.1) is 11.8 Å². The SMILES string of the molecule is C[C@H](C(=O)N1CCCC1)[C@H]1CC[C@@]2(C)Cc3sc(COc4cccc(Cl)c4)nc3[C@@H](C)[C@@H]2[C@H]1O. The smallest absolute Gasteiger partial charge is 0.225 e. The van der Waals surface area contributed by atoms with Crippen molar-refractivity contribution in [2.45, 2.75) is 71.5 Å². The first-order valence-electron chi connectivity index (χ1n) is 12.6. The summed E-state index contributed by atoms with van der Waals surface area (Å²) in [6.07, 6.45) is 4.58. The molecule has 1 N–H and O–H groups in total. The number of carbonyl (C=O) groups is 1. The highest BCUT2D eigenvalue weighted by Crippen LogP contribution is 2.57. The molecule has 0 bridgehead atoms. The van der Waals surface area contributed by atoms with Crippen LogP contribution in [-0.4, -0.2) is 40.1 Å². The zero-order valence-electron chi connectivity index (χ0n) is 20.3. The van der Waals surface area contributed by atoms with Crippen molar-refractivity contribution in [2.75, 3.05) is 13.1 Å². The van der Waals surface area contributed by atoms with Crippen molar-refractivity contribution in [3.05, 3.63) is 44.9 Å². The molecule has 6 atom stereocenters. The second kappa shape index (κ2) is 9.44. The van der Waals surface area contributed by atoms with Gasteiger partial charge in [-0.1, -0.05) is 38.4 Å². The van der Waals surface area contributed by atoms with Gasteiger partial charge in [0.25, 0.3) is 0 Å². The molecule has 0 unspecified atom stereocenters. The first kappa shape index (κ1) is 24.1. The van der Waals surface area contributed by atoms with E-state index in [1.807, 2.05) is 36.1 Å². The maximum Gasteiger partial charge on any atom is 0.225 e. The molecule has 1 amide bonds. The predicted octanol–water partition coefficient (Wildman–Crippen LogP) is 5.69. The van der Waals surface area contributed by atoms with Crippen molar-refractivity contribution in [2.24, 2.45) is 23.2 Å². The van der Waals surface area contributed by atoms with E-state index in [1.165, 1.54) is 4.88 Å². The van der Waals surface area contributed by atoms with Crippen molar-refractivity contribution >= 4 is 28.8 Å². The lowest BCUT2D eigenvalue weighted by Gasteiger charge is -2.53. The minimum Gasteiger partial charge on any atom is -0.486 e. The normalized spacial score (nSPS) is 31.6. The molecule has 2 heterocycles. The number of aliphatic hydroxyl groups is 1. The summed E-state index contributed by atoms with van der Waals surface area (Å²) in [5.41, 5.74) is 1.13. The molecular weight excluding hydrogens is 468 g/mol. The Bertz CT molecular complexity index is 1050. The quantitative estimate of drug-likeness (QED) is 0.570. The number of rotatable bonds is 5. The summed E-state index contributed by atoms with van der Waals surface area (Å²) in [5.74, 6) is 1.10. The molecule has 1 aliphatic heterocycles. The molecule has 1 aromatic carbocycles. The van der Waals surface area contributed by atoms with Crippen molar-refractivity contribution in [1.29, 1.82) is 0 Å². The summed E-state index contributed by atoms with van der Waals surface area (Å²) in [6, 6.07) is 7.43. The molecule has 184 valence electrons. The number of likely N-dealkylation sites (tertiary alicyclic amines) is 1. The molecule has 7 heteroatoms. The van der Waals surface area contributed by atoms with Crippen molar-refractivity contribution in [1.82, 2.24) is 9.88 Å². The zero-order valence-corrected chi connectivity index (χ0v) is 21.9. The van der Waals surface area contributed by atoms with Gasteiger partial charge in [0.15, 0.2) is 0 Å². The van der Waals surface area contributed by atoms with Crippen LogP contribution in [0.25, 0.3) is 0 Å². The lowest BCUT2D eigenvalue weighted by Crippen LogP contribution is -2.53. The molecule has 3 aliphatic rings. The third kappa shape index (κ3) is 4.38. The van der Waals surface area contributed by atoms with E-state index in [1.54, 1.807) is 11.3 Å². The summed E-state index contributed by atoms with van der Waals surface area (Å²) in [5, 5.41) is 13.3. The fourth-order valence-corrected chi connectivity index (χ4v) is 8.23. The number of hydrogen-bond donors (Lipinski definition) is 1. The Morgan fingerprint density at radius 2 is 2.15 bits per heavy atom. The van der Waals surface area contributed by atoms with Crippen LogP contribution in [0.4, 0.5) is 0 Å². The summed E-state index contributed by atoms with van der Waals surface area (Å²) in [6.45, 7) is 8.71. The van der Waals surface area contributed by atoms with Crippen molar-refractivity contribution in [3.8, 4) is 5.75 Å². The van der Waals surface area contributed by atoms with E-state index < -0.39 is 6.10 Å². The van der Waals surface area contributed by atoms with E-state index in [-0.39, 0.29) is 35.0 Å². The van der Waals surface area contributed by atoms with Crippen LogP contribution >= 0.6 is 22.9 Å². The minimum atomic E-state index is -0.490. The van der Waals surface area contributed by atoms with E-state index in [4.69, 9.17) is 21.3 Å². The molecule has 5 rings (SSSR count). The van der Waals surface area contributed by atoms with Crippen molar-refractivity contribution in [3.63, 3.8) is 0 Å². The molecule has 2 fully saturated rings. The molecule has 1 saturated carbocycles. The molecule has 0 radical (unpaired) electrons. The van der Waals surface area contributed by atoms with Gasteiger partial charge in [0.1, 0.15) is 17.4 Å². The van der Waals surface area contributed by atoms with Crippen molar-refractivity contribution < 1.29 is 14.6 Å². The number of nitrogens with zero attached hydrogens (tertiary/aromatic N) is 2. The fraction of sp³-hybridized carbons (Fsp3) is 0.630. The van der Waals surface area contributed by atoms with Gasteiger partial charge in [-0.05, 0) is 67.6 Å². The summed E-state index contributed by atoms with van der Waals surface area (Å²) >= 11 is 7.81. The molecule has 34 heavy (non-hydrogen) atoms. The van der Waals surface area contributed by atoms with Gasteiger partial charge in [0.2, 0.25) is 5.91 Å². The Morgan fingerprint density at radius 1 is 1.38 bits per heavy atom. The number of carbonyl (C=O) groups excluding carboxylic acids is 1. The Balaban J connectivity index is 1.33. The monoisotopic (exact) mass is 502 g/mol. The van der Waals surface area contributed by atoms with Crippen LogP contribution < -0.4 is 4.74 Å². The van der Waals surface area contributed by atoms with Crippen LogP contribution in [0.1, 0.15) is 68.0 Å². The van der Waals surface area contributed by atoms with Gasteiger partial charge in [-0.3, -0.25) is 4.79 Å². The Hall–Kier alpha value is -1.63. The third-order valence-electron chi connectivity index (χ3n) is 8.57. The first-order chi connectivity index (χ1) is 16.3. The van der Waals surface area contributed by atoms with Gasteiger partial charge in [-0.15, -0.1) is 11.3 Å². The Morgan fingerprint density at radius 3 is 2.88 bits per heavy atom. The van der Waals surface area contributed by atoms with E-state index in [9.17, 15) is 9.90 Å². The molecule has 2 aromatic rings. The number of hydrogen-bond acceptors (Lipinski definition) is 5. The standard InChI is InChI=1S/C27H35ClN2O3S/c1-16(26(32)30-11-4-5-12-30)20-9-10-27(3)14-21-24(17(2)23(27)25(20)31)29-22(34-21)15-33-19-8-6-7-18(28)13-19/h6-8,13,16-17,20,23,25,31H,4-5,9-12,14-15H2,1-3H3/t16-,17-,20+,23+,25-,27-/m0/s1. The van der Waals surface area contributed by atoms with E-state index in [2.05, 4.69) is 13.8 Å². The maximum atomic E-state index is 13.1. The molecule has 0 spiro atoms. The number of halogens is 1. The molecule has 5 nitrogen and oxygen atoms in total. The van der Waals surface area contributed by atoms with Crippen LogP contribution in [0.15, 0.2) is 24.3 Å². The van der Waals surface area contributed by atoms with E-state index in [0.717, 1.165) is 61.6 Å². The first-order valence-corrected chi connectivity index (χ1v) is 13.8. The number of benzene rings is 1. The highest BCUT2D eigenvalue weighted by molar-refractivity contribution is 7.11. The largest absolute Gasteiger partial charge is 0.486 e. The number of aromatic nitrogens is 1. The second-order valence-corrected chi connectivity index (χ2v) is 12.4. The number of ether oxygens (including phenoxy) is 1. The van der Waals surface area contributed by atoms with Crippen LogP contribution in [-0.2, 0) is 17.8 Å². The summed E-state index contributed by atoms with van der Waals surface area (Å²) in [4.78, 5) is 21.4. The van der Waals surface area contributed by atoms with Gasteiger partial charge in [0, 0.05) is 34.8 Å². The van der Waals surface area contributed by atoms with E-state index >= 15 is 0 Å². The summed E-state index contributed by atoms with van der Waals surface area (Å²) < 4.78 is 5.95. The summed E-state index contributed by atoms with van der Waals surface area (Å²) in [7, 11) is 0. The van der Waals surface area contributed by atoms with Crippen LogP contribution in [0, 0.1) is 23.2 Å². The minimum absolute atomic E-state index is 0.0134. The van der Waals surface area contributed by atoms with E-state index in [0.29, 0.717) is 11.6 Å². The second-order valence-electron chi connectivity index (χ2n) is 10.8. The Labute approximate surface area is 211 Å². The number of aliphatic hydroxyl groups excluding tert-OH is 1. The highest BCUT2D eigenvalue weighted by atomic mass is 35.5. The average Bonchev–Trinajstić information content (AvgIpc) is 3.47. The number of thiazole rings is 1. The molecule has 2 aliphatic carbocycles. The highest BCUT2D eigenvalue weighted by Gasteiger charge is 2.54. The lowest BCUT2D eigenvalue weighted by molar-refractivity contribution is -0.143. The average molecular weight is 503 g/mol. The molecule has 1 saturated heterocycles. The fourth-order valence-electron chi connectivity index (χ4n) is 6.77. The number of fused-ring (bicyclic) bond motifs is 2. The number of amides is 1. The Kier molecular flexibility index (Phi) is 6.68. The third-order valence-corrected chi connectivity index (χ3v) is 9.85.